The van der Waals surface area contributed by atoms with E-state index in [0.29, 0.717) is 19.8 Å². The second-order valence-corrected chi connectivity index (χ2v) is 4.63. The second kappa shape index (κ2) is 5.35. The number of carbonyl (C=O) groups is 1. The van der Waals surface area contributed by atoms with Gasteiger partial charge in [0.15, 0.2) is 5.84 Å². The van der Waals surface area contributed by atoms with Crippen LogP contribution in [-0.2, 0) is 9.53 Å². The summed E-state index contributed by atoms with van der Waals surface area (Å²) in [6.07, 6.45) is 3.54. The average molecular weight is 241 g/mol. The summed E-state index contributed by atoms with van der Waals surface area (Å²) >= 11 is 0. The number of ether oxygens (including phenoxy) is 1. The van der Waals surface area contributed by atoms with E-state index in [-0.39, 0.29) is 23.7 Å². The summed E-state index contributed by atoms with van der Waals surface area (Å²) in [5.74, 6) is 0.165. The molecule has 2 aliphatic rings. The topological polar surface area (TPSA) is 88.2 Å². The number of piperidine rings is 1. The van der Waals surface area contributed by atoms with E-state index in [1.54, 1.807) is 4.90 Å². The van der Waals surface area contributed by atoms with Crippen molar-refractivity contribution in [2.24, 2.45) is 16.8 Å². The molecule has 96 valence electrons. The Labute approximate surface area is 100 Å². The molecule has 0 bridgehead atoms. The number of amidine groups is 1. The Morgan fingerprint density at radius 2 is 2.24 bits per heavy atom. The van der Waals surface area contributed by atoms with Gasteiger partial charge in [0.2, 0.25) is 5.91 Å². The molecule has 0 spiro atoms. The van der Waals surface area contributed by atoms with Crippen molar-refractivity contribution in [1.29, 1.82) is 0 Å². The van der Waals surface area contributed by atoms with E-state index < -0.39 is 0 Å². The van der Waals surface area contributed by atoms with Gasteiger partial charge in [0, 0.05) is 13.2 Å². The van der Waals surface area contributed by atoms with E-state index in [9.17, 15) is 4.79 Å². The van der Waals surface area contributed by atoms with Gasteiger partial charge in [0.1, 0.15) is 0 Å². The Morgan fingerprint density at radius 1 is 1.41 bits per heavy atom. The lowest BCUT2D eigenvalue weighted by molar-refractivity contribution is -0.137. The van der Waals surface area contributed by atoms with Crippen LogP contribution in [0.15, 0.2) is 5.16 Å². The first kappa shape index (κ1) is 12.2. The molecule has 2 unspecified atom stereocenters. The van der Waals surface area contributed by atoms with Crippen LogP contribution in [0.5, 0.6) is 0 Å². The zero-order valence-electron chi connectivity index (χ0n) is 9.84. The number of carbonyl (C=O) groups excluding carboxylic acids is 1. The molecule has 0 aromatic carbocycles. The lowest BCUT2D eigenvalue weighted by Gasteiger charge is -2.36. The second-order valence-electron chi connectivity index (χ2n) is 4.63. The van der Waals surface area contributed by atoms with Crippen molar-refractivity contribution in [3.8, 4) is 0 Å². The predicted molar refractivity (Wildman–Crippen MR) is 61.7 cm³/mol. The van der Waals surface area contributed by atoms with Crippen molar-refractivity contribution >= 4 is 11.7 Å². The van der Waals surface area contributed by atoms with Crippen molar-refractivity contribution in [1.82, 2.24) is 4.90 Å². The number of rotatable bonds is 2. The Kier molecular flexibility index (Phi) is 3.83. The molecule has 2 atom stereocenters. The summed E-state index contributed by atoms with van der Waals surface area (Å²) in [5, 5.41) is 11.8. The molecule has 0 radical (unpaired) electrons. The summed E-state index contributed by atoms with van der Waals surface area (Å²) in [4.78, 5) is 14.0. The van der Waals surface area contributed by atoms with Crippen LogP contribution < -0.4 is 5.73 Å². The molecule has 0 aromatic rings. The van der Waals surface area contributed by atoms with Crippen LogP contribution >= 0.6 is 0 Å². The van der Waals surface area contributed by atoms with Gasteiger partial charge in [-0.2, -0.15) is 0 Å². The molecule has 6 heteroatoms. The number of hydrogen-bond acceptors (Lipinski definition) is 4. The van der Waals surface area contributed by atoms with Crippen LogP contribution in [0.25, 0.3) is 0 Å². The number of nitrogens with two attached hydrogens (primary N) is 1. The molecule has 17 heavy (non-hydrogen) atoms. The van der Waals surface area contributed by atoms with Crippen molar-refractivity contribution < 1.29 is 14.7 Å². The fraction of sp³-hybridized carbons (Fsp3) is 0.818. The molecule has 3 N–H and O–H groups in total. The van der Waals surface area contributed by atoms with Gasteiger partial charge in [-0.3, -0.25) is 4.79 Å². The van der Waals surface area contributed by atoms with E-state index in [4.69, 9.17) is 15.7 Å². The maximum Gasteiger partial charge on any atom is 0.228 e. The zero-order valence-corrected chi connectivity index (χ0v) is 9.84. The highest BCUT2D eigenvalue weighted by atomic mass is 16.5. The van der Waals surface area contributed by atoms with Gasteiger partial charge in [0.05, 0.1) is 18.6 Å². The van der Waals surface area contributed by atoms with Crippen LogP contribution in [0, 0.1) is 5.92 Å². The average Bonchev–Trinajstić information content (AvgIpc) is 2.91. The Morgan fingerprint density at radius 3 is 2.88 bits per heavy atom. The molecule has 6 nitrogen and oxygen atoms in total. The van der Waals surface area contributed by atoms with Crippen molar-refractivity contribution in [3.05, 3.63) is 0 Å². The van der Waals surface area contributed by atoms with Gasteiger partial charge in [-0.15, -0.1) is 0 Å². The maximum absolute atomic E-state index is 12.3. The molecule has 2 heterocycles. The van der Waals surface area contributed by atoms with Crippen molar-refractivity contribution in [3.63, 3.8) is 0 Å². The molecule has 2 saturated heterocycles. The fourth-order valence-corrected chi connectivity index (χ4v) is 2.53. The molecule has 2 rings (SSSR count). The van der Waals surface area contributed by atoms with E-state index in [2.05, 4.69) is 5.16 Å². The number of hydrogen-bond donors (Lipinski definition) is 2. The Balaban J connectivity index is 2.07. The minimum Gasteiger partial charge on any atom is -0.409 e. The van der Waals surface area contributed by atoms with E-state index in [1.807, 2.05) is 0 Å². The van der Waals surface area contributed by atoms with Gasteiger partial charge < -0.3 is 20.6 Å². The summed E-state index contributed by atoms with van der Waals surface area (Å²) < 4.78 is 5.23. The van der Waals surface area contributed by atoms with E-state index in [0.717, 1.165) is 25.7 Å². The first-order chi connectivity index (χ1) is 8.24. The Bertz CT molecular complexity index is 313. The summed E-state index contributed by atoms with van der Waals surface area (Å²) in [6.45, 7) is 1.84. The van der Waals surface area contributed by atoms with E-state index in [1.165, 1.54) is 0 Å². The van der Waals surface area contributed by atoms with Crippen molar-refractivity contribution in [2.75, 3.05) is 19.8 Å². The van der Waals surface area contributed by atoms with Crippen LogP contribution in [0.1, 0.15) is 25.7 Å². The number of likely N-dealkylation sites (tertiary alicyclic amines) is 1. The van der Waals surface area contributed by atoms with Gasteiger partial charge in [0.25, 0.3) is 0 Å². The highest BCUT2D eigenvalue weighted by molar-refractivity contribution is 5.90. The number of oxime groups is 1. The van der Waals surface area contributed by atoms with E-state index >= 15 is 0 Å². The third-order valence-corrected chi connectivity index (χ3v) is 3.52. The summed E-state index contributed by atoms with van der Waals surface area (Å²) in [5.41, 5.74) is 5.65. The van der Waals surface area contributed by atoms with Crippen LogP contribution in [0.3, 0.4) is 0 Å². The minimum absolute atomic E-state index is 0.0536. The molecular formula is C11H19N3O3. The maximum atomic E-state index is 12.3. The van der Waals surface area contributed by atoms with Gasteiger partial charge >= 0.3 is 0 Å². The molecule has 1 amide bonds. The molecule has 2 fully saturated rings. The summed E-state index contributed by atoms with van der Waals surface area (Å²) in [6, 6.07) is -0.248. The minimum atomic E-state index is -0.248. The lowest BCUT2D eigenvalue weighted by atomic mass is 9.98. The molecule has 0 saturated carbocycles. The standard InChI is InChI=1S/C11H19N3O3/c12-10(13-16)9-3-1-2-5-14(9)11(15)8-4-6-17-7-8/h8-9,16H,1-7H2,(H2,12,13). The van der Waals surface area contributed by atoms with Crippen LogP contribution in [-0.4, -0.2) is 47.7 Å². The summed E-state index contributed by atoms with van der Waals surface area (Å²) in [7, 11) is 0. The van der Waals surface area contributed by atoms with Crippen LogP contribution in [0.4, 0.5) is 0 Å². The molecule has 0 aliphatic carbocycles. The largest absolute Gasteiger partial charge is 0.409 e. The predicted octanol–water partition coefficient (Wildman–Crippen LogP) is 0.150. The van der Waals surface area contributed by atoms with Crippen LogP contribution in [0.2, 0.25) is 0 Å². The smallest absolute Gasteiger partial charge is 0.228 e. The normalized spacial score (nSPS) is 30.6. The first-order valence-corrected chi connectivity index (χ1v) is 6.09. The molecule has 0 aromatic heterocycles. The van der Waals surface area contributed by atoms with Crippen molar-refractivity contribution in [2.45, 2.75) is 31.7 Å². The quantitative estimate of drug-likeness (QED) is 0.312. The fourth-order valence-electron chi connectivity index (χ4n) is 2.53. The third-order valence-electron chi connectivity index (χ3n) is 3.52. The molecule has 2 aliphatic heterocycles. The zero-order chi connectivity index (χ0) is 12.3. The molecular weight excluding hydrogens is 222 g/mol. The monoisotopic (exact) mass is 241 g/mol. The highest BCUT2D eigenvalue weighted by Gasteiger charge is 2.35. The third kappa shape index (κ3) is 2.52. The SMILES string of the molecule is NC(=NO)C1CCCCN1C(=O)C1CCOC1. The number of amides is 1. The van der Waals surface area contributed by atoms with Gasteiger partial charge in [-0.25, -0.2) is 0 Å². The Hall–Kier alpha value is -1.30. The highest BCUT2D eigenvalue weighted by Crippen LogP contribution is 2.23. The lowest BCUT2D eigenvalue weighted by Crippen LogP contribution is -2.52. The number of nitrogens with zero attached hydrogens (tertiary/aromatic N) is 2. The van der Waals surface area contributed by atoms with Gasteiger partial charge in [-0.1, -0.05) is 5.16 Å². The first-order valence-electron chi connectivity index (χ1n) is 6.09. The van der Waals surface area contributed by atoms with Gasteiger partial charge in [-0.05, 0) is 25.7 Å².